The van der Waals surface area contributed by atoms with Crippen LogP contribution < -0.4 is 5.32 Å². The summed E-state index contributed by atoms with van der Waals surface area (Å²) in [5.41, 5.74) is 0.0564. The monoisotopic (exact) mass is 199 g/mol. The van der Waals surface area contributed by atoms with Gasteiger partial charge in [0, 0.05) is 5.92 Å². The molecule has 0 spiro atoms. The summed E-state index contributed by atoms with van der Waals surface area (Å²) in [6, 6.07) is -0.737. The fourth-order valence-corrected chi connectivity index (χ4v) is 1.53. The highest BCUT2D eigenvalue weighted by Gasteiger charge is 2.50. The number of hydrogen-bond acceptors (Lipinski definition) is 2. The molecular weight excluding hydrogens is 182 g/mol. The van der Waals surface area contributed by atoms with Crippen LogP contribution in [0.5, 0.6) is 0 Å². The number of carbonyl (C=O) groups excluding carboxylic acids is 1. The minimum atomic E-state index is -0.959. The van der Waals surface area contributed by atoms with E-state index < -0.39 is 12.0 Å². The van der Waals surface area contributed by atoms with Crippen LogP contribution in [0, 0.1) is 11.3 Å². The molecule has 0 heterocycles. The van der Waals surface area contributed by atoms with E-state index in [0.29, 0.717) is 6.42 Å². The second-order valence-electron chi connectivity index (χ2n) is 4.55. The van der Waals surface area contributed by atoms with Gasteiger partial charge in [-0.2, -0.15) is 0 Å². The summed E-state index contributed by atoms with van der Waals surface area (Å²) in [6.45, 7) is 5.77. The standard InChI is InChI=1S/C10H17NO3/c1-4-7(9(13)14)11-8(12)6-5-10(6,2)3/h6-7H,4-5H2,1-3H3,(H,11,12)(H,13,14)/t6?,7-/m0/s1. The summed E-state index contributed by atoms with van der Waals surface area (Å²) < 4.78 is 0. The average molecular weight is 199 g/mol. The molecule has 1 unspecified atom stereocenters. The predicted octanol–water partition coefficient (Wildman–Crippen LogP) is 1.01. The zero-order valence-electron chi connectivity index (χ0n) is 8.83. The van der Waals surface area contributed by atoms with Crippen molar-refractivity contribution in [3.05, 3.63) is 0 Å². The van der Waals surface area contributed by atoms with Gasteiger partial charge in [0.2, 0.25) is 5.91 Å². The normalized spacial score (nSPS) is 25.2. The van der Waals surface area contributed by atoms with Gasteiger partial charge in [-0.15, -0.1) is 0 Å². The van der Waals surface area contributed by atoms with E-state index in [1.165, 1.54) is 0 Å². The Labute approximate surface area is 83.7 Å². The summed E-state index contributed by atoms with van der Waals surface area (Å²) in [5, 5.41) is 11.3. The molecule has 1 fully saturated rings. The van der Waals surface area contributed by atoms with E-state index >= 15 is 0 Å². The van der Waals surface area contributed by atoms with Crippen molar-refractivity contribution in [2.45, 2.75) is 39.7 Å². The first-order chi connectivity index (χ1) is 6.38. The Morgan fingerprint density at radius 3 is 2.36 bits per heavy atom. The van der Waals surface area contributed by atoms with Gasteiger partial charge in [0.05, 0.1) is 0 Å². The zero-order valence-corrected chi connectivity index (χ0v) is 8.83. The lowest BCUT2D eigenvalue weighted by Crippen LogP contribution is -2.41. The third kappa shape index (κ3) is 2.25. The third-order valence-corrected chi connectivity index (χ3v) is 2.85. The lowest BCUT2D eigenvalue weighted by Gasteiger charge is -2.12. The zero-order chi connectivity index (χ0) is 10.9. The molecule has 4 nitrogen and oxygen atoms in total. The number of carboxylic acid groups (broad SMARTS) is 1. The van der Waals surface area contributed by atoms with Crippen molar-refractivity contribution in [3.8, 4) is 0 Å². The summed E-state index contributed by atoms with van der Waals surface area (Å²) in [5.74, 6) is -1.08. The molecule has 80 valence electrons. The number of rotatable bonds is 4. The van der Waals surface area contributed by atoms with Crippen molar-refractivity contribution in [3.63, 3.8) is 0 Å². The molecule has 0 aromatic heterocycles. The molecular formula is C10H17NO3. The van der Waals surface area contributed by atoms with Crippen molar-refractivity contribution in [1.82, 2.24) is 5.32 Å². The van der Waals surface area contributed by atoms with Gasteiger partial charge in [0.25, 0.3) is 0 Å². The quantitative estimate of drug-likeness (QED) is 0.710. The highest BCUT2D eigenvalue weighted by atomic mass is 16.4. The number of hydrogen-bond donors (Lipinski definition) is 2. The van der Waals surface area contributed by atoms with Gasteiger partial charge in [-0.25, -0.2) is 4.79 Å². The van der Waals surface area contributed by atoms with Crippen molar-refractivity contribution in [2.75, 3.05) is 0 Å². The molecule has 1 aliphatic rings. The van der Waals surface area contributed by atoms with Crippen LogP contribution in [0.15, 0.2) is 0 Å². The van der Waals surface area contributed by atoms with E-state index in [1.807, 2.05) is 13.8 Å². The van der Waals surface area contributed by atoms with E-state index in [2.05, 4.69) is 5.32 Å². The Balaban J connectivity index is 2.45. The SMILES string of the molecule is CC[C@H](NC(=O)C1CC1(C)C)C(=O)O. The van der Waals surface area contributed by atoms with Crippen LogP contribution in [0.25, 0.3) is 0 Å². The van der Waals surface area contributed by atoms with E-state index in [9.17, 15) is 9.59 Å². The van der Waals surface area contributed by atoms with Crippen LogP contribution in [0.3, 0.4) is 0 Å². The van der Waals surface area contributed by atoms with E-state index in [0.717, 1.165) is 6.42 Å². The number of aliphatic carboxylic acids is 1. The molecule has 2 N–H and O–H groups in total. The maximum Gasteiger partial charge on any atom is 0.326 e. The molecule has 0 saturated heterocycles. The highest BCUT2D eigenvalue weighted by Crippen LogP contribution is 2.51. The molecule has 1 rings (SSSR count). The summed E-state index contributed by atoms with van der Waals surface area (Å²) >= 11 is 0. The van der Waals surface area contributed by atoms with Gasteiger partial charge < -0.3 is 10.4 Å². The smallest absolute Gasteiger partial charge is 0.326 e. The second-order valence-corrected chi connectivity index (χ2v) is 4.55. The molecule has 14 heavy (non-hydrogen) atoms. The molecule has 1 aliphatic carbocycles. The summed E-state index contributed by atoms with van der Waals surface area (Å²) in [6.07, 6.45) is 1.28. The predicted molar refractivity (Wildman–Crippen MR) is 51.7 cm³/mol. The van der Waals surface area contributed by atoms with Gasteiger partial charge in [-0.1, -0.05) is 20.8 Å². The first-order valence-corrected chi connectivity index (χ1v) is 4.91. The van der Waals surface area contributed by atoms with Crippen molar-refractivity contribution >= 4 is 11.9 Å². The molecule has 1 amide bonds. The molecule has 1 saturated carbocycles. The third-order valence-electron chi connectivity index (χ3n) is 2.85. The summed E-state index contributed by atoms with van der Waals surface area (Å²) in [4.78, 5) is 22.2. The Morgan fingerprint density at radius 1 is 1.57 bits per heavy atom. The van der Waals surface area contributed by atoms with Crippen LogP contribution in [0.4, 0.5) is 0 Å². The van der Waals surface area contributed by atoms with Crippen molar-refractivity contribution in [2.24, 2.45) is 11.3 Å². The van der Waals surface area contributed by atoms with Crippen molar-refractivity contribution in [1.29, 1.82) is 0 Å². The Bertz CT molecular complexity index is 260. The fourth-order valence-electron chi connectivity index (χ4n) is 1.53. The second kappa shape index (κ2) is 3.59. The van der Waals surface area contributed by atoms with Crippen LogP contribution >= 0.6 is 0 Å². The Hall–Kier alpha value is -1.06. The molecule has 0 radical (unpaired) electrons. The van der Waals surface area contributed by atoms with Gasteiger partial charge in [0.1, 0.15) is 6.04 Å². The van der Waals surface area contributed by atoms with Gasteiger partial charge in [0.15, 0.2) is 0 Å². The molecule has 0 aliphatic heterocycles. The average Bonchev–Trinajstić information content (AvgIpc) is 2.70. The first kappa shape index (κ1) is 11.0. The topological polar surface area (TPSA) is 66.4 Å². The van der Waals surface area contributed by atoms with Crippen molar-refractivity contribution < 1.29 is 14.7 Å². The van der Waals surface area contributed by atoms with Gasteiger partial charge in [-0.05, 0) is 18.3 Å². The minimum Gasteiger partial charge on any atom is -0.480 e. The minimum absolute atomic E-state index is 0.00380. The number of carbonyl (C=O) groups is 2. The van der Waals surface area contributed by atoms with Gasteiger partial charge in [-0.3, -0.25) is 4.79 Å². The highest BCUT2D eigenvalue weighted by molar-refractivity contribution is 5.87. The maximum absolute atomic E-state index is 11.5. The van der Waals surface area contributed by atoms with E-state index in [1.54, 1.807) is 6.92 Å². The molecule has 4 heteroatoms. The van der Waals surface area contributed by atoms with Crippen LogP contribution in [0.2, 0.25) is 0 Å². The van der Waals surface area contributed by atoms with Crippen LogP contribution in [-0.4, -0.2) is 23.0 Å². The fraction of sp³-hybridized carbons (Fsp3) is 0.800. The largest absolute Gasteiger partial charge is 0.480 e. The van der Waals surface area contributed by atoms with Crippen LogP contribution in [-0.2, 0) is 9.59 Å². The van der Waals surface area contributed by atoms with E-state index in [-0.39, 0.29) is 17.2 Å². The molecule has 2 atom stereocenters. The molecule has 0 aromatic rings. The van der Waals surface area contributed by atoms with Gasteiger partial charge >= 0.3 is 5.97 Å². The maximum atomic E-state index is 11.5. The van der Waals surface area contributed by atoms with E-state index in [4.69, 9.17) is 5.11 Å². The first-order valence-electron chi connectivity index (χ1n) is 4.91. The molecule has 0 aromatic carbocycles. The Kier molecular flexibility index (Phi) is 2.83. The number of amides is 1. The summed E-state index contributed by atoms with van der Waals surface area (Å²) in [7, 11) is 0. The Morgan fingerprint density at radius 2 is 2.07 bits per heavy atom. The lowest BCUT2D eigenvalue weighted by atomic mass is 10.1. The van der Waals surface area contributed by atoms with Crippen LogP contribution in [0.1, 0.15) is 33.6 Å². The lowest BCUT2D eigenvalue weighted by molar-refractivity contribution is -0.142. The molecule has 0 bridgehead atoms. The number of nitrogens with one attached hydrogen (secondary N) is 1. The number of carboxylic acids is 1.